The van der Waals surface area contributed by atoms with Gasteiger partial charge in [-0.1, -0.05) is 30.0 Å². The minimum absolute atomic E-state index is 0.0988. The first-order chi connectivity index (χ1) is 12.2. The molecule has 2 aromatic rings. The molecule has 1 fully saturated rings. The van der Waals surface area contributed by atoms with E-state index in [9.17, 15) is 4.79 Å². The fourth-order valence-electron chi connectivity index (χ4n) is 2.52. The maximum atomic E-state index is 12.3. The van der Waals surface area contributed by atoms with Crippen molar-refractivity contribution >= 4 is 23.4 Å². The summed E-state index contributed by atoms with van der Waals surface area (Å²) >= 11 is 1.39. The summed E-state index contributed by atoms with van der Waals surface area (Å²) in [6.07, 6.45) is 4.15. The number of aromatic nitrogens is 3. The number of anilines is 1. The van der Waals surface area contributed by atoms with Gasteiger partial charge < -0.3 is 14.6 Å². The molecule has 0 atom stereocenters. The van der Waals surface area contributed by atoms with Crippen LogP contribution in [0.25, 0.3) is 0 Å². The Bertz CT molecular complexity index is 755. The molecule has 1 amide bonds. The normalized spacial score (nSPS) is 13.5. The summed E-state index contributed by atoms with van der Waals surface area (Å²) in [6.45, 7) is 6.93. The van der Waals surface area contributed by atoms with Crippen LogP contribution in [0.2, 0.25) is 0 Å². The average Bonchev–Trinajstić information content (AvgIpc) is 3.37. The lowest BCUT2D eigenvalue weighted by molar-refractivity contribution is -0.113. The van der Waals surface area contributed by atoms with Crippen LogP contribution in [0.3, 0.4) is 0 Å². The number of thioether (sulfide) groups is 1. The Morgan fingerprint density at radius 3 is 2.96 bits per heavy atom. The van der Waals surface area contributed by atoms with Crippen LogP contribution in [0.5, 0.6) is 5.75 Å². The van der Waals surface area contributed by atoms with Crippen molar-refractivity contribution in [3.05, 3.63) is 42.7 Å². The number of hydrogen-bond donors (Lipinski definition) is 1. The minimum atomic E-state index is -0.0988. The molecule has 3 rings (SSSR count). The fraction of sp³-hybridized carbons (Fsp3) is 0.389. The van der Waals surface area contributed by atoms with Gasteiger partial charge in [0, 0.05) is 12.5 Å². The molecule has 1 N–H and O–H groups in total. The number of carbonyl (C=O) groups is 1. The van der Waals surface area contributed by atoms with Crippen molar-refractivity contribution in [3.8, 4) is 5.75 Å². The van der Waals surface area contributed by atoms with E-state index in [4.69, 9.17) is 4.74 Å². The van der Waals surface area contributed by atoms with Gasteiger partial charge in [-0.15, -0.1) is 16.8 Å². The number of amides is 1. The number of ether oxygens (including phenoxy) is 1. The van der Waals surface area contributed by atoms with Gasteiger partial charge in [0.2, 0.25) is 5.91 Å². The third-order valence-electron chi connectivity index (χ3n) is 3.79. The number of allylic oxidation sites excluding steroid dienone is 1. The molecule has 1 aliphatic rings. The van der Waals surface area contributed by atoms with E-state index in [1.807, 2.05) is 37.3 Å². The van der Waals surface area contributed by atoms with E-state index in [2.05, 4.69) is 26.7 Å². The molecule has 0 spiro atoms. The van der Waals surface area contributed by atoms with Crippen LogP contribution in [0, 0.1) is 0 Å². The Morgan fingerprint density at radius 1 is 1.44 bits per heavy atom. The molecule has 1 aromatic heterocycles. The zero-order chi connectivity index (χ0) is 17.6. The van der Waals surface area contributed by atoms with Crippen molar-refractivity contribution in [2.24, 2.45) is 0 Å². The molecule has 0 unspecified atom stereocenters. The molecule has 1 heterocycles. The van der Waals surface area contributed by atoms with Crippen LogP contribution in [0.4, 0.5) is 5.69 Å². The summed E-state index contributed by atoms with van der Waals surface area (Å²) < 4.78 is 7.58. The van der Waals surface area contributed by atoms with Crippen molar-refractivity contribution in [2.45, 2.75) is 37.4 Å². The zero-order valence-electron chi connectivity index (χ0n) is 14.3. The molecular formula is C18H22N4O2S. The first-order valence-corrected chi connectivity index (χ1v) is 9.40. The van der Waals surface area contributed by atoms with Crippen LogP contribution < -0.4 is 10.1 Å². The highest BCUT2D eigenvalue weighted by Gasteiger charge is 2.30. The van der Waals surface area contributed by atoms with Crippen molar-refractivity contribution in [1.29, 1.82) is 0 Å². The topological polar surface area (TPSA) is 69.0 Å². The Hall–Kier alpha value is -2.28. The van der Waals surface area contributed by atoms with Crippen molar-refractivity contribution in [3.63, 3.8) is 0 Å². The molecule has 6 nitrogen and oxygen atoms in total. The highest BCUT2D eigenvalue weighted by atomic mass is 32.2. The Labute approximate surface area is 151 Å². The van der Waals surface area contributed by atoms with Crippen LogP contribution in [-0.4, -0.2) is 33.0 Å². The second-order valence-corrected chi connectivity index (χ2v) is 6.72. The summed E-state index contributed by atoms with van der Waals surface area (Å²) in [5.41, 5.74) is 0.682. The highest BCUT2D eigenvalue weighted by molar-refractivity contribution is 7.99. The van der Waals surface area contributed by atoms with Crippen LogP contribution in [0.15, 0.2) is 42.1 Å². The first kappa shape index (κ1) is 17.5. The van der Waals surface area contributed by atoms with Gasteiger partial charge in [-0.25, -0.2) is 0 Å². The molecule has 1 aliphatic carbocycles. The third kappa shape index (κ3) is 4.42. The lowest BCUT2D eigenvalue weighted by Crippen LogP contribution is -2.15. The van der Waals surface area contributed by atoms with Gasteiger partial charge in [-0.2, -0.15) is 0 Å². The Kier molecular flexibility index (Phi) is 5.75. The van der Waals surface area contributed by atoms with Gasteiger partial charge in [0.05, 0.1) is 18.0 Å². The molecule has 0 bridgehead atoms. The zero-order valence-corrected chi connectivity index (χ0v) is 15.1. The van der Waals surface area contributed by atoms with Gasteiger partial charge in [0.1, 0.15) is 11.6 Å². The van der Waals surface area contributed by atoms with Crippen LogP contribution in [-0.2, 0) is 11.3 Å². The average molecular weight is 358 g/mol. The lowest BCUT2D eigenvalue weighted by Gasteiger charge is -2.11. The smallest absolute Gasteiger partial charge is 0.234 e. The summed E-state index contributed by atoms with van der Waals surface area (Å²) in [6, 6.07) is 7.42. The van der Waals surface area contributed by atoms with Gasteiger partial charge in [0.15, 0.2) is 5.16 Å². The van der Waals surface area contributed by atoms with Gasteiger partial charge >= 0.3 is 0 Å². The summed E-state index contributed by atoms with van der Waals surface area (Å²) in [7, 11) is 0. The van der Waals surface area contributed by atoms with E-state index in [1.165, 1.54) is 11.8 Å². The van der Waals surface area contributed by atoms with E-state index >= 15 is 0 Å². The number of para-hydroxylation sites is 2. The Morgan fingerprint density at radius 2 is 2.24 bits per heavy atom. The molecule has 25 heavy (non-hydrogen) atoms. The largest absolute Gasteiger partial charge is 0.492 e. The number of hydrogen-bond acceptors (Lipinski definition) is 5. The summed E-state index contributed by atoms with van der Waals surface area (Å²) in [5, 5.41) is 12.2. The van der Waals surface area contributed by atoms with Gasteiger partial charge in [-0.05, 0) is 31.9 Å². The number of nitrogens with zero attached hydrogens (tertiary/aromatic N) is 3. The lowest BCUT2D eigenvalue weighted by atomic mass is 10.3. The van der Waals surface area contributed by atoms with E-state index in [0.29, 0.717) is 30.5 Å². The van der Waals surface area contributed by atoms with Gasteiger partial charge in [0.25, 0.3) is 0 Å². The van der Waals surface area contributed by atoms with Gasteiger partial charge in [-0.3, -0.25) is 4.79 Å². The third-order valence-corrected chi connectivity index (χ3v) is 4.76. The molecule has 0 radical (unpaired) electrons. The monoisotopic (exact) mass is 358 g/mol. The molecule has 0 saturated heterocycles. The van der Waals surface area contributed by atoms with E-state index in [0.717, 1.165) is 23.8 Å². The summed E-state index contributed by atoms with van der Waals surface area (Å²) in [4.78, 5) is 12.3. The standard InChI is InChI=1S/C18H22N4O2S/c1-3-11-22-17(13-9-10-13)20-21-18(22)25-12-16(23)19-14-7-5-6-8-15(14)24-4-2/h3,5-8,13H,1,4,9-12H2,2H3,(H,19,23). The maximum absolute atomic E-state index is 12.3. The van der Waals surface area contributed by atoms with Crippen molar-refractivity contribution in [1.82, 2.24) is 14.8 Å². The molecular weight excluding hydrogens is 336 g/mol. The predicted molar refractivity (Wildman–Crippen MR) is 99.2 cm³/mol. The van der Waals surface area contributed by atoms with E-state index in [-0.39, 0.29) is 11.7 Å². The first-order valence-electron chi connectivity index (χ1n) is 8.41. The number of benzene rings is 1. The van der Waals surface area contributed by atoms with E-state index in [1.54, 1.807) is 0 Å². The molecule has 7 heteroatoms. The quantitative estimate of drug-likeness (QED) is 0.549. The van der Waals surface area contributed by atoms with E-state index < -0.39 is 0 Å². The molecule has 1 saturated carbocycles. The molecule has 0 aliphatic heterocycles. The molecule has 132 valence electrons. The fourth-order valence-corrected chi connectivity index (χ4v) is 3.27. The number of carbonyl (C=O) groups excluding carboxylic acids is 1. The van der Waals surface area contributed by atoms with Crippen molar-refractivity contribution < 1.29 is 9.53 Å². The number of rotatable bonds is 9. The SMILES string of the molecule is C=CCn1c(SCC(=O)Nc2ccccc2OCC)nnc1C1CC1. The Balaban J connectivity index is 1.62. The number of nitrogens with one attached hydrogen (secondary N) is 1. The minimum Gasteiger partial charge on any atom is -0.492 e. The second kappa shape index (κ2) is 8.20. The molecule has 1 aromatic carbocycles. The van der Waals surface area contributed by atoms with Crippen LogP contribution in [0.1, 0.15) is 31.5 Å². The highest BCUT2D eigenvalue weighted by Crippen LogP contribution is 2.40. The second-order valence-electron chi connectivity index (χ2n) is 5.78. The maximum Gasteiger partial charge on any atom is 0.234 e. The van der Waals surface area contributed by atoms with Crippen LogP contribution >= 0.6 is 11.8 Å². The van der Waals surface area contributed by atoms with Crippen molar-refractivity contribution in [2.75, 3.05) is 17.7 Å². The predicted octanol–water partition coefficient (Wildman–Crippen LogP) is 3.47. The summed E-state index contributed by atoms with van der Waals surface area (Å²) in [5.74, 6) is 2.35.